The number of rotatable bonds is 5. The molecular formula is C18H26FNO4. The Balaban J connectivity index is 2.53. The first kappa shape index (κ1) is 19.9. The van der Waals surface area contributed by atoms with Gasteiger partial charge in [0.05, 0.1) is 0 Å². The largest absolute Gasteiger partial charge is 0.461 e. The maximum absolute atomic E-state index is 13.2. The van der Waals surface area contributed by atoms with E-state index in [9.17, 15) is 14.0 Å². The highest BCUT2D eigenvalue weighted by atomic mass is 19.1. The van der Waals surface area contributed by atoms with E-state index >= 15 is 0 Å². The summed E-state index contributed by atoms with van der Waals surface area (Å²) in [4.78, 5) is 23.4. The number of ether oxygens (including phenoxy) is 2. The first-order valence-electron chi connectivity index (χ1n) is 7.92. The normalized spacial score (nSPS) is 13.8. The lowest BCUT2D eigenvalue weighted by molar-refractivity contribution is -0.148. The van der Waals surface area contributed by atoms with E-state index in [-0.39, 0.29) is 18.3 Å². The van der Waals surface area contributed by atoms with Crippen molar-refractivity contribution in [2.45, 2.75) is 59.2 Å². The van der Waals surface area contributed by atoms with E-state index in [0.29, 0.717) is 0 Å². The SMILES string of the molecule is Cc1cc(F)ccc1[C@H](C)[C@@H](C)OC(=O)CNC(=O)OC(C)(C)C. The second-order valence-corrected chi connectivity index (χ2v) is 6.84. The first-order chi connectivity index (χ1) is 11.0. The van der Waals surface area contributed by atoms with Crippen LogP contribution in [-0.2, 0) is 14.3 Å². The van der Waals surface area contributed by atoms with E-state index in [1.165, 1.54) is 12.1 Å². The zero-order valence-corrected chi connectivity index (χ0v) is 15.1. The molecule has 0 spiro atoms. The van der Waals surface area contributed by atoms with Gasteiger partial charge >= 0.3 is 12.1 Å². The molecule has 5 nitrogen and oxygen atoms in total. The minimum Gasteiger partial charge on any atom is -0.461 e. The number of carbonyl (C=O) groups is 2. The lowest BCUT2D eigenvalue weighted by Crippen LogP contribution is -2.37. The van der Waals surface area contributed by atoms with Crippen LogP contribution in [0.1, 0.15) is 51.7 Å². The molecule has 0 aliphatic rings. The van der Waals surface area contributed by atoms with E-state index in [1.807, 2.05) is 13.8 Å². The first-order valence-corrected chi connectivity index (χ1v) is 7.92. The summed E-state index contributed by atoms with van der Waals surface area (Å²) in [5.74, 6) is -0.953. The fourth-order valence-electron chi connectivity index (χ4n) is 2.21. The molecule has 1 rings (SSSR count). The molecule has 134 valence electrons. The number of carbonyl (C=O) groups excluding carboxylic acids is 2. The second kappa shape index (κ2) is 8.13. The Bertz CT molecular complexity index is 595. The summed E-state index contributed by atoms with van der Waals surface area (Å²) in [6.07, 6.45) is -1.09. The predicted octanol–water partition coefficient (Wildman–Crippen LogP) is 3.69. The number of alkyl carbamates (subject to hydrolysis) is 1. The van der Waals surface area contributed by atoms with Gasteiger partial charge in [0, 0.05) is 5.92 Å². The Morgan fingerprint density at radius 2 is 1.88 bits per heavy atom. The van der Waals surface area contributed by atoms with Crippen molar-refractivity contribution in [2.75, 3.05) is 6.54 Å². The quantitative estimate of drug-likeness (QED) is 0.831. The summed E-state index contributed by atoms with van der Waals surface area (Å²) in [6, 6.07) is 4.53. The van der Waals surface area contributed by atoms with Crippen LogP contribution in [0.4, 0.5) is 9.18 Å². The van der Waals surface area contributed by atoms with Crippen molar-refractivity contribution in [3.63, 3.8) is 0 Å². The van der Waals surface area contributed by atoms with E-state index in [2.05, 4.69) is 5.32 Å². The molecular weight excluding hydrogens is 313 g/mol. The van der Waals surface area contributed by atoms with Crippen molar-refractivity contribution in [1.29, 1.82) is 0 Å². The van der Waals surface area contributed by atoms with Gasteiger partial charge < -0.3 is 14.8 Å². The molecule has 1 amide bonds. The average molecular weight is 339 g/mol. The van der Waals surface area contributed by atoms with Crippen LogP contribution in [0.15, 0.2) is 18.2 Å². The van der Waals surface area contributed by atoms with Gasteiger partial charge in [-0.3, -0.25) is 4.79 Å². The number of nitrogens with one attached hydrogen (secondary N) is 1. The van der Waals surface area contributed by atoms with Gasteiger partial charge in [-0.05, 0) is 57.9 Å². The standard InChI is InChI=1S/C18H26FNO4/c1-11-9-14(19)7-8-15(11)12(2)13(3)23-16(21)10-20-17(22)24-18(4,5)6/h7-9,12-13H,10H2,1-6H3,(H,20,22)/t12-,13-/m1/s1. The molecule has 6 heteroatoms. The number of hydrogen-bond acceptors (Lipinski definition) is 4. The van der Waals surface area contributed by atoms with Crippen LogP contribution in [0, 0.1) is 12.7 Å². The molecule has 0 heterocycles. The molecule has 24 heavy (non-hydrogen) atoms. The lowest BCUT2D eigenvalue weighted by Gasteiger charge is -2.23. The highest BCUT2D eigenvalue weighted by molar-refractivity contribution is 5.78. The molecule has 1 aromatic carbocycles. The Kier molecular flexibility index (Phi) is 6.75. The number of hydrogen-bond donors (Lipinski definition) is 1. The molecule has 0 saturated carbocycles. The molecule has 0 unspecified atom stereocenters. The fraction of sp³-hybridized carbons (Fsp3) is 0.556. The number of benzene rings is 1. The summed E-state index contributed by atoms with van der Waals surface area (Å²) in [6.45, 7) is 10.4. The van der Waals surface area contributed by atoms with Gasteiger partial charge in [0.15, 0.2) is 0 Å². The molecule has 1 N–H and O–H groups in total. The third-order valence-electron chi connectivity index (χ3n) is 3.52. The van der Waals surface area contributed by atoms with Gasteiger partial charge in [-0.25, -0.2) is 9.18 Å². The second-order valence-electron chi connectivity index (χ2n) is 6.84. The van der Waals surface area contributed by atoms with Crippen LogP contribution in [0.25, 0.3) is 0 Å². The van der Waals surface area contributed by atoms with Crippen LogP contribution in [0.5, 0.6) is 0 Å². The van der Waals surface area contributed by atoms with Gasteiger partial charge in [-0.2, -0.15) is 0 Å². The van der Waals surface area contributed by atoms with Crippen molar-refractivity contribution in [2.24, 2.45) is 0 Å². The van der Waals surface area contributed by atoms with Gasteiger partial charge in [0.25, 0.3) is 0 Å². The molecule has 0 saturated heterocycles. The number of halogens is 1. The van der Waals surface area contributed by atoms with E-state index in [1.54, 1.807) is 33.8 Å². The highest BCUT2D eigenvalue weighted by Crippen LogP contribution is 2.25. The summed E-state index contributed by atoms with van der Waals surface area (Å²) < 4.78 is 23.6. The maximum Gasteiger partial charge on any atom is 0.408 e. The molecule has 0 bridgehead atoms. The maximum atomic E-state index is 13.2. The monoisotopic (exact) mass is 339 g/mol. The van der Waals surface area contributed by atoms with Crippen LogP contribution >= 0.6 is 0 Å². The Labute approximate surface area is 142 Å². The number of aryl methyl sites for hydroxylation is 1. The zero-order chi connectivity index (χ0) is 18.5. The van der Waals surface area contributed by atoms with Gasteiger partial charge in [-0.1, -0.05) is 13.0 Å². The molecule has 0 aliphatic carbocycles. The molecule has 0 fully saturated rings. The average Bonchev–Trinajstić information content (AvgIpc) is 2.42. The van der Waals surface area contributed by atoms with Crippen molar-refractivity contribution in [3.05, 3.63) is 35.1 Å². The summed E-state index contributed by atoms with van der Waals surface area (Å²) in [5, 5.41) is 2.36. The van der Waals surface area contributed by atoms with E-state index in [4.69, 9.17) is 9.47 Å². The van der Waals surface area contributed by atoms with Crippen molar-refractivity contribution >= 4 is 12.1 Å². The van der Waals surface area contributed by atoms with E-state index < -0.39 is 23.8 Å². The topological polar surface area (TPSA) is 64.6 Å². The van der Waals surface area contributed by atoms with Crippen LogP contribution in [0.2, 0.25) is 0 Å². The third-order valence-corrected chi connectivity index (χ3v) is 3.52. The van der Waals surface area contributed by atoms with Crippen LogP contribution in [-0.4, -0.2) is 30.3 Å². The molecule has 0 aromatic heterocycles. The predicted molar refractivity (Wildman–Crippen MR) is 89.3 cm³/mol. The highest BCUT2D eigenvalue weighted by Gasteiger charge is 2.21. The van der Waals surface area contributed by atoms with Crippen molar-refractivity contribution < 1.29 is 23.5 Å². The Morgan fingerprint density at radius 3 is 2.42 bits per heavy atom. The van der Waals surface area contributed by atoms with E-state index in [0.717, 1.165) is 11.1 Å². The third kappa shape index (κ3) is 6.56. The number of amides is 1. The minimum absolute atomic E-state index is 0.101. The summed E-state index contributed by atoms with van der Waals surface area (Å²) in [7, 11) is 0. The minimum atomic E-state index is -0.672. The van der Waals surface area contributed by atoms with Crippen LogP contribution < -0.4 is 5.32 Å². The smallest absolute Gasteiger partial charge is 0.408 e. The Hall–Kier alpha value is -2.11. The Morgan fingerprint density at radius 1 is 1.25 bits per heavy atom. The molecule has 0 aliphatic heterocycles. The molecule has 0 radical (unpaired) electrons. The van der Waals surface area contributed by atoms with Crippen LogP contribution in [0.3, 0.4) is 0 Å². The molecule has 2 atom stereocenters. The summed E-state index contributed by atoms with van der Waals surface area (Å²) >= 11 is 0. The van der Waals surface area contributed by atoms with Crippen molar-refractivity contribution in [1.82, 2.24) is 5.32 Å². The van der Waals surface area contributed by atoms with Gasteiger partial charge in [-0.15, -0.1) is 0 Å². The molecule has 1 aromatic rings. The zero-order valence-electron chi connectivity index (χ0n) is 15.1. The summed E-state index contributed by atoms with van der Waals surface area (Å²) in [5.41, 5.74) is 1.09. The van der Waals surface area contributed by atoms with Gasteiger partial charge in [0.2, 0.25) is 0 Å². The fourth-order valence-corrected chi connectivity index (χ4v) is 2.21. The lowest BCUT2D eigenvalue weighted by atomic mass is 9.92. The van der Waals surface area contributed by atoms with Gasteiger partial charge in [0.1, 0.15) is 24.1 Å². The number of esters is 1. The van der Waals surface area contributed by atoms with Crippen molar-refractivity contribution in [3.8, 4) is 0 Å².